The third-order valence-corrected chi connectivity index (χ3v) is 6.86. The number of benzene rings is 3. The van der Waals surface area contributed by atoms with Gasteiger partial charge in [0, 0.05) is 23.0 Å². The third-order valence-electron chi connectivity index (χ3n) is 6.31. The Morgan fingerprint density at radius 1 is 0.921 bits per heavy atom. The smallest absolute Gasteiger partial charge is 0.355 e. The van der Waals surface area contributed by atoms with Crippen LogP contribution < -0.4 is 14.2 Å². The molecule has 0 fully saturated rings. The second-order valence-electron chi connectivity index (χ2n) is 8.71. The molecule has 0 atom stereocenters. The fourth-order valence-electron chi connectivity index (χ4n) is 4.61. The molecule has 0 unspecified atom stereocenters. The molecule has 196 valence electrons. The number of nitrogens with zero attached hydrogens (tertiary/aromatic N) is 3. The second-order valence-corrected chi connectivity index (χ2v) is 9.24. The van der Waals surface area contributed by atoms with Crippen LogP contribution in [-0.2, 0) is 11.3 Å². The van der Waals surface area contributed by atoms with Gasteiger partial charge >= 0.3 is 5.97 Å². The molecule has 3 aromatic carbocycles. The van der Waals surface area contributed by atoms with E-state index < -0.39 is 5.97 Å². The SMILES string of the molecule is CCCOc1ccc2c(c1)c(-c1ccc(OC)c(OC)c1)c(C(=O)OCC)n2Cc1ccc2nsnc2c1. The number of rotatable bonds is 10. The van der Waals surface area contributed by atoms with Crippen molar-refractivity contribution in [2.75, 3.05) is 27.4 Å². The number of hydrogen-bond donors (Lipinski definition) is 0. The summed E-state index contributed by atoms with van der Waals surface area (Å²) in [6.07, 6.45) is 0.892. The minimum atomic E-state index is -0.402. The van der Waals surface area contributed by atoms with Crippen molar-refractivity contribution in [3.8, 4) is 28.4 Å². The van der Waals surface area contributed by atoms with Crippen LogP contribution in [0, 0.1) is 0 Å². The molecule has 38 heavy (non-hydrogen) atoms. The fraction of sp³-hybridized carbons (Fsp3) is 0.276. The van der Waals surface area contributed by atoms with Crippen LogP contribution in [0.3, 0.4) is 0 Å². The Morgan fingerprint density at radius 3 is 2.50 bits per heavy atom. The Balaban J connectivity index is 1.77. The van der Waals surface area contributed by atoms with Crippen LogP contribution in [0.1, 0.15) is 36.3 Å². The van der Waals surface area contributed by atoms with E-state index in [1.165, 1.54) is 11.7 Å². The largest absolute Gasteiger partial charge is 0.494 e. The van der Waals surface area contributed by atoms with E-state index in [4.69, 9.17) is 18.9 Å². The molecule has 9 heteroatoms. The highest BCUT2D eigenvalue weighted by Gasteiger charge is 2.26. The van der Waals surface area contributed by atoms with Crippen molar-refractivity contribution < 1.29 is 23.7 Å². The van der Waals surface area contributed by atoms with Gasteiger partial charge in [0.15, 0.2) is 11.5 Å². The standard InChI is InChI=1S/C29H29N3O5S/c1-5-13-37-20-9-11-24-21(16-20)27(19-8-12-25(34-3)26(15-19)35-4)28(29(33)36-6-2)32(24)17-18-7-10-22-23(14-18)31-38-30-22/h7-12,14-16H,5-6,13,17H2,1-4H3. The molecule has 0 aliphatic heterocycles. The molecule has 2 heterocycles. The lowest BCUT2D eigenvalue weighted by Crippen LogP contribution is -2.14. The number of ether oxygens (including phenoxy) is 4. The van der Waals surface area contributed by atoms with E-state index in [-0.39, 0.29) is 6.61 Å². The molecule has 0 bridgehead atoms. The van der Waals surface area contributed by atoms with E-state index in [0.717, 1.165) is 50.8 Å². The van der Waals surface area contributed by atoms with Gasteiger partial charge in [0.25, 0.3) is 0 Å². The summed E-state index contributed by atoms with van der Waals surface area (Å²) in [5, 5.41) is 0.880. The summed E-state index contributed by atoms with van der Waals surface area (Å²) in [5.41, 5.74) is 5.58. The Kier molecular flexibility index (Phi) is 7.46. The third kappa shape index (κ3) is 4.77. The minimum absolute atomic E-state index is 0.257. The molecule has 8 nitrogen and oxygen atoms in total. The zero-order chi connectivity index (χ0) is 26.6. The van der Waals surface area contributed by atoms with Crippen molar-refractivity contribution in [2.24, 2.45) is 0 Å². The lowest BCUT2D eigenvalue weighted by molar-refractivity contribution is 0.0516. The van der Waals surface area contributed by atoms with E-state index in [2.05, 4.69) is 15.7 Å². The van der Waals surface area contributed by atoms with Gasteiger partial charge in [-0.2, -0.15) is 8.75 Å². The van der Waals surface area contributed by atoms with E-state index in [1.807, 2.05) is 59.2 Å². The van der Waals surface area contributed by atoms with Gasteiger partial charge in [0.2, 0.25) is 0 Å². The molecule has 0 N–H and O–H groups in total. The first kappa shape index (κ1) is 25.5. The number of aromatic nitrogens is 3. The topological polar surface area (TPSA) is 84.7 Å². The summed E-state index contributed by atoms with van der Waals surface area (Å²) in [4.78, 5) is 13.6. The van der Waals surface area contributed by atoms with Crippen LogP contribution in [0.4, 0.5) is 0 Å². The summed E-state index contributed by atoms with van der Waals surface area (Å²) in [6.45, 7) is 5.18. The van der Waals surface area contributed by atoms with Crippen LogP contribution in [0.15, 0.2) is 54.6 Å². The number of fused-ring (bicyclic) bond motifs is 2. The molecule has 0 amide bonds. The average Bonchev–Trinajstić information content (AvgIpc) is 3.53. The molecule has 0 aliphatic carbocycles. The van der Waals surface area contributed by atoms with Gasteiger partial charge in [-0.15, -0.1) is 0 Å². The predicted octanol–water partition coefficient (Wildman–Crippen LogP) is 6.34. The number of hydrogen-bond acceptors (Lipinski definition) is 8. The van der Waals surface area contributed by atoms with Crippen molar-refractivity contribution in [3.63, 3.8) is 0 Å². The molecular weight excluding hydrogens is 502 g/mol. The van der Waals surface area contributed by atoms with Crippen molar-refractivity contribution in [1.29, 1.82) is 0 Å². The van der Waals surface area contributed by atoms with E-state index in [1.54, 1.807) is 21.1 Å². The minimum Gasteiger partial charge on any atom is -0.494 e. The van der Waals surface area contributed by atoms with Gasteiger partial charge in [-0.1, -0.05) is 19.1 Å². The number of carbonyl (C=O) groups is 1. The summed E-state index contributed by atoms with van der Waals surface area (Å²) >= 11 is 1.18. The van der Waals surface area contributed by atoms with Crippen LogP contribution in [0.25, 0.3) is 33.1 Å². The van der Waals surface area contributed by atoms with Gasteiger partial charge in [0.05, 0.1) is 39.2 Å². The first-order chi connectivity index (χ1) is 18.6. The molecule has 2 aromatic heterocycles. The van der Waals surface area contributed by atoms with E-state index in [0.29, 0.717) is 30.3 Å². The highest BCUT2D eigenvalue weighted by atomic mass is 32.1. The second kappa shape index (κ2) is 11.1. The van der Waals surface area contributed by atoms with Gasteiger partial charge < -0.3 is 23.5 Å². The maximum Gasteiger partial charge on any atom is 0.355 e. The molecule has 0 radical (unpaired) electrons. The lowest BCUT2D eigenvalue weighted by atomic mass is 10.0. The van der Waals surface area contributed by atoms with E-state index >= 15 is 0 Å². The van der Waals surface area contributed by atoms with Crippen LogP contribution in [0.5, 0.6) is 17.2 Å². The highest BCUT2D eigenvalue weighted by molar-refractivity contribution is 7.00. The Labute approximate surface area is 225 Å². The molecular formula is C29H29N3O5S. The summed E-state index contributed by atoms with van der Waals surface area (Å²) < 4.78 is 33.3. The highest BCUT2D eigenvalue weighted by Crippen LogP contribution is 2.41. The average molecular weight is 532 g/mol. The van der Waals surface area contributed by atoms with E-state index in [9.17, 15) is 4.79 Å². The first-order valence-electron chi connectivity index (χ1n) is 12.5. The molecule has 0 saturated carbocycles. The zero-order valence-corrected chi connectivity index (χ0v) is 22.6. The quantitative estimate of drug-likeness (QED) is 0.194. The van der Waals surface area contributed by atoms with Crippen LogP contribution in [0.2, 0.25) is 0 Å². The fourth-order valence-corrected chi connectivity index (χ4v) is 5.13. The van der Waals surface area contributed by atoms with Crippen molar-refractivity contribution in [3.05, 3.63) is 65.9 Å². The Hall–Kier alpha value is -4.11. The van der Waals surface area contributed by atoms with Crippen molar-refractivity contribution in [1.82, 2.24) is 13.3 Å². The number of esters is 1. The zero-order valence-electron chi connectivity index (χ0n) is 21.8. The van der Waals surface area contributed by atoms with Gasteiger partial charge in [0.1, 0.15) is 22.5 Å². The molecule has 5 aromatic rings. The molecule has 5 rings (SSSR count). The summed E-state index contributed by atoms with van der Waals surface area (Å²) in [7, 11) is 3.19. The lowest BCUT2D eigenvalue weighted by Gasteiger charge is -2.13. The van der Waals surface area contributed by atoms with Gasteiger partial charge in [-0.05, 0) is 66.9 Å². The maximum atomic E-state index is 13.6. The first-order valence-corrected chi connectivity index (χ1v) is 13.2. The number of carbonyl (C=O) groups excluding carboxylic acids is 1. The van der Waals surface area contributed by atoms with Gasteiger partial charge in [-0.25, -0.2) is 4.79 Å². The predicted molar refractivity (Wildman–Crippen MR) is 149 cm³/mol. The van der Waals surface area contributed by atoms with Crippen molar-refractivity contribution in [2.45, 2.75) is 26.8 Å². The summed E-state index contributed by atoms with van der Waals surface area (Å²) in [5.74, 6) is 1.51. The van der Waals surface area contributed by atoms with Crippen molar-refractivity contribution >= 4 is 39.6 Å². The molecule has 0 aliphatic rings. The Morgan fingerprint density at radius 2 is 1.74 bits per heavy atom. The molecule has 0 saturated heterocycles. The number of methoxy groups -OCH3 is 2. The summed E-state index contributed by atoms with van der Waals surface area (Å²) in [6, 6.07) is 17.6. The molecule has 0 spiro atoms. The maximum absolute atomic E-state index is 13.6. The normalized spacial score (nSPS) is 11.2. The van der Waals surface area contributed by atoms with Crippen LogP contribution >= 0.6 is 11.7 Å². The van der Waals surface area contributed by atoms with Crippen LogP contribution in [-0.4, -0.2) is 46.7 Å². The monoisotopic (exact) mass is 531 g/mol. The van der Waals surface area contributed by atoms with Gasteiger partial charge in [-0.3, -0.25) is 0 Å². The Bertz CT molecular complexity index is 1610.